The predicted octanol–water partition coefficient (Wildman–Crippen LogP) is 2.73. The zero-order valence-electron chi connectivity index (χ0n) is 13.3. The summed E-state index contributed by atoms with van der Waals surface area (Å²) in [4.78, 5) is 20.5. The minimum atomic E-state index is -4.03. The van der Waals surface area contributed by atoms with E-state index in [2.05, 4.69) is 9.97 Å². The summed E-state index contributed by atoms with van der Waals surface area (Å²) in [6.45, 7) is 5.24. The van der Waals surface area contributed by atoms with E-state index in [0.717, 1.165) is 23.1 Å². The summed E-state index contributed by atoms with van der Waals surface area (Å²) in [7, 11) is -4.03. The highest BCUT2D eigenvalue weighted by atomic mass is 35.5. The molecule has 2 rings (SSSR count). The van der Waals surface area contributed by atoms with Crippen LogP contribution in [-0.4, -0.2) is 29.5 Å². The lowest BCUT2D eigenvalue weighted by molar-refractivity contribution is -0.118. The van der Waals surface area contributed by atoms with E-state index in [0.29, 0.717) is 5.16 Å². The molecular formula is C15H16ClN3O3S2. The number of hydrogen-bond donors (Lipinski definition) is 1. The molecule has 0 saturated carbocycles. The molecule has 128 valence electrons. The van der Waals surface area contributed by atoms with Gasteiger partial charge in [-0.2, -0.15) is 0 Å². The summed E-state index contributed by atoms with van der Waals surface area (Å²) in [5.74, 6) is -0.664. The fourth-order valence-corrected chi connectivity index (χ4v) is 4.42. The molecule has 0 saturated heterocycles. The molecule has 0 aliphatic carbocycles. The predicted molar refractivity (Wildman–Crippen MR) is 93.6 cm³/mol. The van der Waals surface area contributed by atoms with Gasteiger partial charge in [-0.05, 0) is 39.0 Å². The van der Waals surface area contributed by atoms with Crippen LogP contribution >= 0.6 is 23.4 Å². The molecule has 0 spiro atoms. The molecule has 1 unspecified atom stereocenters. The van der Waals surface area contributed by atoms with Gasteiger partial charge in [-0.15, -0.1) is 0 Å². The van der Waals surface area contributed by atoms with Crippen molar-refractivity contribution in [3.8, 4) is 0 Å². The van der Waals surface area contributed by atoms with E-state index in [1.54, 1.807) is 13.0 Å². The van der Waals surface area contributed by atoms with Gasteiger partial charge in [-0.1, -0.05) is 35.5 Å². The highest BCUT2D eigenvalue weighted by Gasteiger charge is 2.24. The number of nitrogens with zero attached hydrogens (tertiary/aromatic N) is 2. The van der Waals surface area contributed by atoms with Crippen LogP contribution in [0.3, 0.4) is 0 Å². The number of carbonyl (C=O) groups excluding carboxylic acids is 1. The van der Waals surface area contributed by atoms with Crippen LogP contribution in [0.1, 0.15) is 18.3 Å². The second kappa shape index (κ2) is 7.50. The van der Waals surface area contributed by atoms with Crippen LogP contribution in [0.15, 0.2) is 40.4 Å². The van der Waals surface area contributed by atoms with Crippen molar-refractivity contribution in [3.05, 3.63) is 46.7 Å². The molecule has 1 aromatic heterocycles. The first-order chi connectivity index (χ1) is 11.2. The summed E-state index contributed by atoms with van der Waals surface area (Å²) in [6.07, 6.45) is 0. The maximum absolute atomic E-state index is 12.3. The van der Waals surface area contributed by atoms with E-state index in [9.17, 15) is 13.2 Å². The summed E-state index contributed by atoms with van der Waals surface area (Å²) in [6, 6.07) is 7.74. The molecule has 0 radical (unpaired) electrons. The van der Waals surface area contributed by atoms with Crippen molar-refractivity contribution in [2.45, 2.75) is 36.1 Å². The molecule has 1 amide bonds. The van der Waals surface area contributed by atoms with E-state index in [-0.39, 0.29) is 9.92 Å². The highest BCUT2D eigenvalue weighted by Crippen LogP contribution is 2.23. The third kappa shape index (κ3) is 4.68. The number of aromatic nitrogens is 2. The van der Waals surface area contributed by atoms with Crippen LogP contribution in [0, 0.1) is 13.8 Å². The Morgan fingerprint density at radius 3 is 2.38 bits per heavy atom. The number of rotatable bonds is 5. The lowest BCUT2D eigenvalue weighted by Gasteiger charge is -2.12. The Bertz CT molecular complexity index is 852. The number of amides is 1. The molecule has 1 N–H and O–H groups in total. The van der Waals surface area contributed by atoms with Crippen molar-refractivity contribution in [1.82, 2.24) is 14.7 Å². The molecule has 1 heterocycles. The Labute approximate surface area is 150 Å². The quantitative estimate of drug-likeness (QED) is 0.628. The Kier molecular flexibility index (Phi) is 5.84. The number of sulfonamides is 1. The van der Waals surface area contributed by atoms with Gasteiger partial charge in [0.05, 0.1) is 10.3 Å². The Morgan fingerprint density at radius 2 is 1.79 bits per heavy atom. The molecule has 6 nitrogen and oxygen atoms in total. The lowest BCUT2D eigenvalue weighted by Crippen LogP contribution is -2.36. The van der Waals surface area contributed by atoms with Crippen molar-refractivity contribution in [3.63, 3.8) is 0 Å². The smallest absolute Gasteiger partial charge is 0.265 e. The zero-order valence-corrected chi connectivity index (χ0v) is 15.7. The maximum Gasteiger partial charge on any atom is 0.265 e. The summed E-state index contributed by atoms with van der Waals surface area (Å²) in [5.41, 5.74) is 1.56. The van der Waals surface area contributed by atoms with Gasteiger partial charge in [-0.25, -0.2) is 23.1 Å². The zero-order chi connectivity index (χ0) is 17.9. The van der Waals surface area contributed by atoms with Gasteiger partial charge in [0.1, 0.15) is 4.90 Å². The molecule has 1 aromatic carbocycles. The van der Waals surface area contributed by atoms with Gasteiger partial charge >= 0.3 is 0 Å². The van der Waals surface area contributed by atoms with Crippen molar-refractivity contribution < 1.29 is 13.2 Å². The first-order valence-electron chi connectivity index (χ1n) is 6.99. The van der Waals surface area contributed by atoms with Crippen LogP contribution in [0.2, 0.25) is 5.02 Å². The van der Waals surface area contributed by atoms with Gasteiger partial charge in [0, 0.05) is 11.4 Å². The number of thioether (sulfide) groups is 1. The van der Waals surface area contributed by atoms with Gasteiger partial charge in [-0.3, -0.25) is 4.79 Å². The van der Waals surface area contributed by atoms with Crippen LogP contribution in [-0.2, 0) is 14.8 Å². The van der Waals surface area contributed by atoms with Crippen molar-refractivity contribution in [2.75, 3.05) is 0 Å². The van der Waals surface area contributed by atoms with Gasteiger partial charge < -0.3 is 0 Å². The summed E-state index contributed by atoms with van der Waals surface area (Å²) >= 11 is 6.97. The van der Waals surface area contributed by atoms with Gasteiger partial charge in [0.2, 0.25) is 5.91 Å². The Morgan fingerprint density at radius 1 is 1.21 bits per heavy atom. The third-order valence-electron chi connectivity index (χ3n) is 2.97. The molecule has 9 heteroatoms. The average Bonchev–Trinajstić information content (AvgIpc) is 2.45. The molecule has 2 aromatic rings. The number of aryl methyl sites for hydroxylation is 2. The van der Waals surface area contributed by atoms with Crippen molar-refractivity contribution >= 4 is 39.3 Å². The lowest BCUT2D eigenvalue weighted by atomic mass is 10.4. The fraction of sp³-hybridized carbons (Fsp3) is 0.267. The van der Waals surface area contributed by atoms with Crippen LogP contribution < -0.4 is 4.72 Å². The molecule has 0 aliphatic heterocycles. The second-order valence-electron chi connectivity index (χ2n) is 5.09. The highest BCUT2D eigenvalue weighted by molar-refractivity contribution is 8.00. The average molecular weight is 386 g/mol. The van der Waals surface area contributed by atoms with Crippen LogP contribution in [0.25, 0.3) is 0 Å². The first kappa shape index (κ1) is 18.7. The van der Waals surface area contributed by atoms with E-state index in [1.165, 1.54) is 18.2 Å². The summed E-state index contributed by atoms with van der Waals surface area (Å²) in [5, 5.41) is -0.218. The molecule has 0 fully saturated rings. The second-order valence-corrected chi connectivity index (χ2v) is 8.46. The molecule has 1 atom stereocenters. The van der Waals surface area contributed by atoms with Crippen LogP contribution in [0.4, 0.5) is 0 Å². The van der Waals surface area contributed by atoms with Crippen LogP contribution in [0.5, 0.6) is 0 Å². The standard InChI is InChI=1S/C15H16ClN3O3S2/c1-9-8-10(2)18-15(17-9)23-11(3)14(20)19-24(21,22)13-7-5-4-6-12(13)16/h4-8,11H,1-3H3,(H,19,20). The number of carbonyl (C=O) groups is 1. The van der Waals surface area contributed by atoms with E-state index < -0.39 is 21.2 Å². The minimum Gasteiger partial charge on any atom is -0.273 e. The number of halogens is 1. The normalized spacial score (nSPS) is 12.7. The van der Waals surface area contributed by atoms with Gasteiger partial charge in [0.15, 0.2) is 5.16 Å². The largest absolute Gasteiger partial charge is 0.273 e. The Balaban J connectivity index is 2.12. The number of nitrogens with one attached hydrogen (secondary N) is 1. The number of benzene rings is 1. The maximum atomic E-state index is 12.3. The Hall–Kier alpha value is -1.64. The third-order valence-corrected chi connectivity index (χ3v) is 5.78. The number of hydrogen-bond acceptors (Lipinski definition) is 6. The fourth-order valence-electron chi connectivity index (χ4n) is 1.89. The molecule has 24 heavy (non-hydrogen) atoms. The molecule has 0 aliphatic rings. The summed E-state index contributed by atoms with van der Waals surface area (Å²) < 4.78 is 26.6. The molecular weight excluding hydrogens is 370 g/mol. The minimum absolute atomic E-state index is 0.0516. The monoisotopic (exact) mass is 385 g/mol. The van der Waals surface area contributed by atoms with E-state index >= 15 is 0 Å². The first-order valence-corrected chi connectivity index (χ1v) is 9.73. The van der Waals surface area contributed by atoms with Crippen molar-refractivity contribution in [1.29, 1.82) is 0 Å². The van der Waals surface area contributed by atoms with E-state index in [4.69, 9.17) is 11.6 Å². The van der Waals surface area contributed by atoms with Crippen molar-refractivity contribution in [2.24, 2.45) is 0 Å². The van der Waals surface area contributed by atoms with E-state index in [1.807, 2.05) is 24.6 Å². The topological polar surface area (TPSA) is 89.0 Å². The van der Waals surface area contributed by atoms with Gasteiger partial charge in [0.25, 0.3) is 10.0 Å². The SMILES string of the molecule is Cc1cc(C)nc(SC(C)C(=O)NS(=O)(=O)c2ccccc2Cl)n1. The molecule has 0 bridgehead atoms.